The molecule has 1 heterocycles. The van der Waals surface area contributed by atoms with Gasteiger partial charge in [-0.05, 0) is 0 Å². The van der Waals surface area contributed by atoms with E-state index in [1.54, 1.807) is 19.6 Å². The van der Waals surface area contributed by atoms with Crippen molar-refractivity contribution in [3.63, 3.8) is 0 Å². The van der Waals surface area contributed by atoms with Gasteiger partial charge in [-0.2, -0.15) is 0 Å². The molecular weight excluding hydrogens is 242 g/mol. The molecule has 0 saturated heterocycles. The van der Waals surface area contributed by atoms with Gasteiger partial charge in [0.2, 0.25) is 0 Å². The van der Waals surface area contributed by atoms with E-state index in [1.807, 2.05) is 5.38 Å². The van der Waals surface area contributed by atoms with Gasteiger partial charge in [-0.1, -0.05) is 0 Å². The lowest BCUT2D eigenvalue weighted by Gasteiger charge is -2.23. The molecule has 1 N–H and O–H groups in total. The van der Waals surface area contributed by atoms with Gasteiger partial charge in [-0.15, -0.1) is 11.3 Å². The summed E-state index contributed by atoms with van der Waals surface area (Å²) in [6, 6.07) is -0.209. The van der Waals surface area contributed by atoms with Crippen LogP contribution in [-0.4, -0.2) is 52.5 Å². The normalized spacial score (nSPS) is 10.0. The highest BCUT2D eigenvalue weighted by atomic mass is 32.1. The van der Waals surface area contributed by atoms with Crippen LogP contribution < -0.4 is 0 Å². The summed E-state index contributed by atoms with van der Waals surface area (Å²) < 4.78 is 0. The Labute approximate surface area is 103 Å². The fourth-order valence-electron chi connectivity index (χ4n) is 1.28. The van der Waals surface area contributed by atoms with Crippen LogP contribution in [0.15, 0.2) is 10.9 Å². The largest absolute Gasteiger partial charge is 0.481 e. The SMILES string of the molecule is CN(CCC(=O)O)C(=O)N(C)Cc1cscn1. The minimum Gasteiger partial charge on any atom is -0.481 e. The Kier molecular flexibility index (Phi) is 4.89. The summed E-state index contributed by atoms with van der Waals surface area (Å²) in [6.07, 6.45) is -0.0488. The number of amides is 2. The van der Waals surface area contributed by atoms with Crippen molar-refractivity contribution in [1.82, 2.24) is 14.8 Å². The molecule has 0 aliphatic heterocycles. The number of nitrogens with zero attached hydrogens (tertiary/aromatic N) is 3. The van der Waals surface area contributed by atoms with Crippen LogP contribution in [0.1, 0.15) is 12.1 Å². The topological polar surface area (TPSA) is 73.7 Å². The lowest BCUT2D eigenvalue weighted by atomic mass is 10.4. The van der Waals surface area contributed by atoms with Crippen molar-refractivity contribution >= 4 is 23.3 Å². The van der Waals surface area contributed by atoms with Crippen molar-refractivity contribution in [2.45, 2.75) is 13.0 Å². The van der Waals surface area contributed by atoms with Crippen molar-refractivity contribution in [3.8, 4) is 0 Å². The van der Waals surface area contributed by atoms with Crippen molar-refractivity contribution in [3.05, 3.63) is 16.6 Å². The standard InChI is InChI=1S/C10H15N3O3S/c1-12(4-3-9(14)15)10(16)13(2)5-8-6-17-7-11-8/h6-7H,3-5H2,1-2H3,(H,14,15). The minimum atomic E-state index is -0.910. The molecule has 1 rings (SSSR count). The number of rotatable bonds is 5. The molecule has 6 nitrogen and oxygen atoms in total. The molecule has 7 heteroatoms. The first kappa shape index (κ1) is 13.4. The zero-order valence-corrected chi connectivity index (χ0v) is 10.6. The van der Waals surface area contributed by atoms with Crippen molar-refractivity contribution < 1.29 is 14.7 Å². The molecule has 0 radical (unpaired) electrons. The number of aliphatic carboxylic acids is 1. The number of carbonyl (C=O) groups is 2. The predicted octanol–water partition coefficient (Wildman–Crippen LogP) is 1.10. The fraction of sp³-hybridized carbons (Fsp3) is 0.500. The van der Waals surface area contributed by atoms with Crippen LogP contribution in [0.25, 0.3) is 0 Å². The molecule has 0 atom stereocenters. The Hall–Kier alpha value is -1.63. The van der Waals surface area contributed by atoms with Gasteiger partial charge >= 0.3 is 12.0 Å². The molecule has 1 aromatic heterocycles. The summed E-state index contributed by atoms with van der Waals surface area (Å²) in [5.41, 5.74) is 2.54. The van der Waals surface area contributed by atoms with Gasteiger partial charge in [0.25, 0.3) is 0 Å². The van der Waals surface area contributed by atoms with Gasteiger partial charge in [0.1, 0.15) is 0 Å². The molecule has 0 fully saturated rings. The van der Waals surface area contributed by atoms with Crippen LogP contribution in [0.3, 0.4) is 0 Å². The van der Waals surface area contributed by atoms with Crippen LogP contribution in [0.2, 0.25) is 0 Å². The Balaban J connectivity index is 2.42. The molecule has 94 valence electrons. The van der Waals surface area contributed by atoms with Crippen LogP contribution >= 0.6 is 11.3 Å². The molecule has 1 aromatic rings. The number of urea groups is 1. The Morgan fingerprint density at radius 3 is 2.65 bits per heavy atom. The smallest absolute Gasteiger partial charge is 0.319 e. The maximum Gasteiger partial charge on any atom is 0.319 e. The van der Waals surface area contributed by atoms with Gasteiger partial charge in [0.15, 0.2) is 0 Å². The second kappa shape index (κ2) is 6.19. The third-order valence-electron chi connectivity index (χ3n) is 2.20. The van der Waals surface area contributed by atoms with Gasteiger partial charge < -0.3 is 14.9 Å². The number of carboxylic acid groups (broad SMARTS) is 1. The highest BCUT2D eigenvalue weighted by molar-refractivity contribution is 7.07. The van der Waals surface area contributed by atoms with E-state index >= 15 is 0 Å². The highest BCUT2D eigenvalue weighted by Crippen LogP contribution is 2.06. The Morgan fingerprint density at radius 1 is 1.41 bits per heavy atom. The maximum absolute atomic E-state index is 11.8. The van der Waals surface area contributed by atoms with Crippen LogP contribution in [0, 0.1) is 0 Å². The summed E-state index contributed by atoms with van der Waals surface area (Å²) in [7, 11) is 3.25. The quantitative estimate of drug-likeness (QED) is 0.857. The van der Waals surface area contributed by atoms with E-state index in [0.29, 0.717) is 6.54 Å². The van der Waals surface area contributed by atoms with Gasteiger partial charge in [-0.3, -0.25) is 4.79 Å². The molecular formula is C10H15N3O3S. The third-order valence-corrected chi connectivity index (χ3v) is 2.83. The third kappa shape index (κ3) is 4.39. The summed E-state index contributed by atoms with van der Waals surface area (Å²) in [5.74, 6) is -0.910. The average Bonchev–Trinajstić information content (AvgIpc) is 2.77. The molecule has 0 aliphatic rings. The maximum atomic E-state index is 11.8. The molecule has 0 aromatic carbocycles. The molecule has 17 heavy (non-hydrogen) atoms. The number of carboxylic acids is 1. The fourth-order valence-corrected chi connectivity index (χ4v) is 1.83. The summed E-state index contributed by atoms with van der Waals surface area (Å²) in [6.45, 7) is 0.634. The van der Waals surface area contributed by atoms with Crippen LogP contribution in [0.4, 0.5) is 4.79 Å². The zero-order valence-electron chi connectivity index (χ0n) is 9.79. The molecule has 2 amide bonds. The Bertz CT molecular complexity index is 380. The number of thiazole rings is 1. The Morgan fingerprint density at radius 2 is 2.12 bits per heavy atom. The van der Waals surface area contributed by atoms with E-state index in [1.165, 1.54) is 21.1 Å². The van der Waals surface area contributed by atoms with E-state index in [9.17, 15) is 9.59 Å². The molecule has 0 unspecified atom stereocenters. The van der Waals surface area contributed by atoms with E-state index < -0.39 is 5.97 Å². The zero-order chi connectivity index (χ0) is 12.8. The first-order valence-electron chi connectivity index (χ1n) is 5.05. The van der Waals surface area contributed by atoms with E-state index in [0.717, 1.165) is 5.69 Å². The van der Waals surface area contributed by atoms with E-state index in [2.05, 4.69) is 4.98 Å². The summed E-state index contributed by atoms with van der Waals surface area (Å²) >= 11 is 1.48. The van der Waals surface area contributed by atoms with Crippen LogP contribution in [-0.2, 0) is 11.3 Å². The summed E-state index contributed by atoms with van der Waals surface area (Å²) in [5, 5.41) is 10.4. The molecule has 0 aliphatic carbocycles. The number of carbonyl (C=O) groups excluding carboxylic acids is 1. The highest BCUT2D eigenvalue weighted by Gasteiger charge is 2.15. The van der Waals surface area contributed by atoms with Crippen molar-refractivity contribution in [1.29, 1.82) is 0 Å². The number of hydrogen-bond donors (Lipinski definition) is 1. The average molecular weight is 257 g/mol. The van der Waals surface area contributed by atoms with Gasteiger partial charge in [0, 0.05) is 26.0 Å². The number of aromatic nitrogens is 1. The second-order valence-electron chi connectivity index (χ2n) is 3.68. The van der Waals surface area contributed by atoms with E-state index in [-0.39, 0.29) is 19.0 Å². The van der Waals surface area contributed by atoms with Crippen LogP contribution in [0.5, 0.6) is 0 Å². The van der Waals surface area contributed by atoms with Gasteiger partial charge in [0.05, 0.1) is 24.2 Å². The second-order valence-corrected chi connectivity index (χ2v) is 4.40. The van der Waals surface area contributed by atoms with Gasteiger partial charge in [-0.25, -0.2) is 9.78 Å². The first-order chi connectivity index (χ1) is 8.00. The predicted molar refractivity (Wildman–Crippen MR) is 63.9 cm³/mol. The lowest BCUT2D eigenvalue weighted by molar-refractivity contribution is -0.137. The minimum absolute atomic E-state index is 0.0488. The molecule has 0 saturated carbocycles. The monoisotopic (exact) mass is 257 g/mol. The lowest BCUT2D eigenvalue weighted by Crippen LogP contribution is -2.39. The van der Waals surface area contributed by atoms with E-state index in [4.69, 9.17) is 5.11 Å². The van der Waals surface area contributed by atoms with Crippen molar-refractivity contribution in [2.75, 3.05) is 20.6 Å². The summed E-state index contributed by atoms with van der Waals surface area (Å²) in [4.78, 5) is 29.2. The molecule has 0 spiro atoms. The number of hydrogen-bond acceptors (Lipinski definition) is 4. The van der Waals surface area contributed by atoms with Crippen molar-refractivity contribution in [2.24, 2.45) is 0 Å². The first-order valence-corrected chi connectivity index (χ1v) is 6.00. The molecule has 0 bridgehead atoms.